The lowest BCUT2D eigenvalue weighted by molar-refractivity contribution is 0.411. The van der Waals surface area contributed by atoms with Crippen molar-refractivity contribution in [1.82, 2.24) is 4.98 Å². The lowest BCUT2D eigenvalue weighted by Gasteiger charge is -1.99. The highest BCUT2D eigenvalue weighted by molar-refractivity contribution is 5.28. The number of hydrogen-bond donors (Lipinski definition) is 0. The van der Waals surface area contributed by atoms with Crippen LogP contribution in [0.1, 0.15) is 5.69 Å². The zero-order valence-corrected chi connectivity index (χ0v) is 5.29. The number of aromatic nitrogens is 1. The van der Waals surface area contributed by atoms with Crippen LogP contribution in [0, 0.1) is 6.92 Å². The van der Waals surface area contributed by atoms with Gasteiger partial charge in [0, 0.05) is 6.20 Å². The summed E-state index contributed by atoms with van der Waals surface area (Å²) in [4.78, 5) is 3.91. The maximum atomic E-state index is 4.92. The molecule has 1 aromatic heterocycles. The molecule has 0 atom stereocenters. The molecule has 47 valence electrons. The summed E-state index contributed by atoms with van der Waals surface area (Å²) >= 11 is 0. The Morgan fingerprint density at radius 1 is 1.67 bits per heavy atom. The van der Waals surface area contributed by atoms with E-state index in [1.54, 1.807) is 13.3 Å². The molecule has 0 aliphatic carbocycles. The van der Waals surface area contributed by atoms with Crippen LogP contribution < -0.4 is 4.74 Å². The minimum Gasteiger partial charge on any atom is -0.495 e. The average Bonchev–Trinajstić information content (AvgIpc) is 1.89. The van der Waals surface area contributed by atoms with Gasteiger partial charge in [-0.3, -0.25) is 4.98 Å². The Hall–Kier alpha value is -1.05. The fraction of sp³-hybridized carbons (Fsp3) is 0.143. The second-order valence-corrected chi connectivity index (χ2v) is 1.65. The lowest BCUT2D eigenvalue weighted by Crippen LogP contribution is -1.87. The predicted octanol–water partition coefficient (Wildman–Crippen LogP) is 1.27. The van der Waals surface area contributed by atoms with Crippen LogP contribution in [0.15, 0.2) is 18.3 Å². The summed E-state index contributed by atoms with van der Waals surface area (Å²) in [5.41, 5.74) is 0.681. The molecular formula is C7H8NO. The molecule has 1 heterocycles. The van der Waals surface area contributed by atoms with Gasteiger partial charge in [-0.05, 0) is 19.1 Å². The van der Waals surface area contributed by atoms with Crippen molar-refractivity contribution < 1.29 is 4.74 Å². The Bertz CT molecular complexity index is 198. The van der Waals surface area contributed by atoms with Gasteiger partial charge >= 0.3 is 0 Å². The SMILES string of the molecule is [CH2]c1ncccc1OC. The molecule has 1 rings (SSSR count). The Kier molecular flexibility index (Phi) is 1.68. The van der Waals surface area contributed by atoms with Gasteiger partial charge in [-0.25, -0.2) is 0 Å². The maximum absolute atomic E-state index is 4.92. The summed E-state index contributed by atoms with van der Waals surface area (Å²) in [6.07, 6.45) is 1.69. The third-order valence-corrected chi connectivity index (χ3v) is 1.07. The second-order valence-electron chi connectivity index (χ2n) is 1.65. The molecule has 0 saturated heterocycles. The van der Waals surface area contributed by atoms with Gasteiger partial charge in [0.2, 0.25) is 0 Å². The molecule has 1 aromatic rings. The van der Waals surface area contributed by atoms with Crippen molar-refractivity contribution in [2.75, 3.05) is 7.11 Å². The van der Waals surface area contributed by atoms with Crippen molar-refractivity contribution in [3.8, 4) is 5.75 Å². The highest BCUT2D eigenvalue weighted by Gasteiger charge is 1.92. The molecule has 0 fully saturated rings. The van der Waals surface area contributed by atoms with E-state index in [0.29, 0.717) is 5.69 Å². The summed E-state index contributed by atoms with van der Waals surface area (Å²) in [5, 5.41) is 0. The molecule has 2 nitrogen and oxygen atoms in total. The van der Waals surface area contributed by atoms with Gasteiger partial charge in [0.05, 0.1) is 12.8 Å². The van der Waals surface area contributed by atoms with E-state index >= 15 is 0 Å². The van der Waals surface area contributed by atoms with E-state index in [-0.39, 0.29) is 0 Å². The molecule has 2 heteroatoms. The van der Waals surface area contributed by atoms with Gasteiger partial charge in [-0.15, -0.1) is 0 Å². The van der Waals surface area contributed by atoms with E-state index in [2.05, 4.69) is 11.9 Å². The van der Waals surface area contributed by atoms with Crippen LogP contribution in [0.2, 0.25) is 0 Å². The van der Waals surface area contributed by atoms with Crippen LogP contribution in [0.25, 0.3) is 0 Å². The fourth-order valence-corrected chi connectivity index (χ4v) is 0.609. The highest BCUT2D eigenvalue weighted by Crippen LogP contribution is 2.11. The van der Waals surface area contributed by atoms with Crippen LogP contribution in [-0.2, 0) is 0 Å². The van der Waals surface area contributed by atoms with Gasteiger partial charge in [0.25, 0.3) is 0 Å². The molecule has 0 bridgehead atoms. The first-order valence-corrected chi connectivity index (χ1v) is 2.65. The Balaban J connectivity index is 3.01. The van der Waals surface area contributed by atoms with Crippen LogP contribution in [0.3, 0.4) is 0 Å². The number of ether oxygens (including phenoxy) is 1. The normalized spacial score (nSPS) is 9.11. The van der Waals surface area contributed by atoms with E-state index in [1.807, 2.05) is 12.1 Å². The summed E-state index contributed by atoms with van der Waals surface area (Å²) < 4.78 is 4.92. The molecule has 0 unspecified atom stereocenters. The second kappa shape index (κ2) is 2.49. The Morgan fingerprint density at radius 3 is 2.89 bits per heavy atom. The standard InChI is InChI=1S/C7H8NO/c1-6-7(9-2)4-3-5-8-6/h3-5H,1H2,2H3. The molecule has 9 heavy (non-hydrogen) atoms. The maximum Gasteiger partial charge on any atom is 0.140 e. The quantitative estimate of drug-likeness (QED) is 0.559. The molecule has 0 spiro atoms. The number of methoxy groups -OCH3 is 1. The smallest absolute Gasteiger partial charge is 0.140 e. The number of pyridine rings is 1. The first-order chi connectivity index (χ1) is 4.34. The van der Waals surface area contributed by atoms with Crippen LogP contribution in [0.5, 0.6) is 5.75 Å². The molecule has 0 amide bonds. The fourth-order valence-electron chi connectivity index (χ4n) is 0.609. The summed E-state index contributed by atoms with van der Waals surface area (Å²) in [6, 6.07) is 3.64. The monoisotopic (exact) mass is 122 g/mol. The van der Waals surface area contributed by atoms with Crippen molar-refractivity contribution in [3.63, 3.8) is 0 Å². The highest BCUT2D eigenvalue weighted by atomic mass is 16.5. The number of hydrogen-bond acceptors (Lipinski definition) is 2. The summed E-state index contributed by atoms with van der Waals surface area (Å²) in [7, 11) is 1.60. The van der Waals surface area contributed by atoms with Crippen molar-refractivity contribution in [2.24, 2.45) is 0 Å². The largest absolute Gasteiger partial charge is 0.495 e. The lowest BCUT2D eigenvalue weighted by atomic mass is 10.3. The van der Waals surface area contributed by atoms with E-state index in [0.717, 1.165) is 5.75 Å². The van der Waals surface area contributed by atoms with Gasteiger partial charge in [-0.1, -0.05) is 0 Å². The molecule has 0 aliphatic rings. The minimum absolute atomic E-state index is 0.681. The topological polar surface area (TPSA) is 22.1 Å². The zero-order valence-electron chi connectivity index (χ0n) is 5.29. The Morgan fingerprint density at radius 2 is 2.44 bits per heavy atom. The molecule has 1 radical (unpaired) electrons. The third-order valence-electron chi connectivity index (χ3n) is 1.07. The zero-order chi connectivity index (χ0) is 6.69. The summed E-state index contributed by atoms with van der Waals surface area (Å²) in [5.74, 6) is 0.734. The van der Waals surface area contributed by atoms with Crippen LogP contribution in [-0.4, -0.2) is 12.1 Å². The molecule has 0 N–H and O–H groups in total. The molecule has 0 saturated carbocycles. The predicted molar refractivity (Wildman–Crippen MR) is 35.2 cm³/mol. The van der Waals surface area contributed by atoms with Gasteiger partial charge < -0.3 is 4.74 Å². The Labute approximate surface area is 54.5 Å². The third kappa shape index (κ3) is 1.19. The number of nitrogens with zero attached hydrogens (tertiary/aromatic N) is 1. The van der Waals surface area contributed by atoms with E-state index in [9.17, 15) is 0 Å². The van der Waals surface area contributed by atoms with Crippen LogP contribution >= 0.6 is 0 Å². The molecular weight excluding hydrogens is 114 g/mol. The summed E-state index contributed by atoms with van der Waals surface area (Å²) in [6.45, 7) is 3.66. The van der Waals surface area contributed by atoms with Gasteiger partial charge in [0.1, 0.15) is 5.75 Å². The molecule has 0 aromatic carbocycles. The first kappa shape index (κ1) is 6.08. The molecule has 0 aliphatic heterocycles. The van der Waals surface area contributed by atoms with E-state index in [1.165, 1.54) is 0 Å². The van der Waals surface area contributed by atoms with Crippen molar-refractivity contribution in [3.05, 3.63) is 30.9 Å². The van der Waals surface area contributed by atoms with E-state index < -0.39 is 0 Å². The van der Waals surface area contributed by atoms with Crippen molar-refractivity contribution in [1.29, 1.82) is 0 Å². The first-order valence-electron chi connectivity index (χ1n) is 2.65. The van der Waals surface area contributed by atoms with Crippen molar-refractivity contribution >= 4 is 0 Å². The minimum atomic E-state index is 0.681. The van der Waals surface area contributed by atoms with Crippen LogP contribution in [0.4, 0.5) is 0 Å². The van der Waals surface area contributed by atoms with Gasteiger partial charge in [0.15, 0.2) is 0 Å². The average molecular weight is 122 g/mol. The van der Waals surface area contributed by atoms with Gasteiger partial charge in [-0.2, -0.15) is 0 Å². The number of rotatable bonds is 1. The van der Waals surface area contributed by atoms with Crippen molar-refractivity contribution in [2.45, 2.75) is 0 Å². The van der Waals surface area contributed by atoms with E-state index in [4.69, 9.17) is 4.74 Å².